The molecule has 1 amide bonds. The van der Waals surface area contributed by atoms with Crippen molar-refractivity contribution in [2.24, 2.45) is 0 Å². The van der Waals surface area contributed by atoms with Gasteiger partial charge in [0.15, 0.2) is 5.69 Å². The van der Waals surface area contributed by atoms with Crippen molar-refractivity contribution in [1.29, 1.82) is 0 Å². The molecule has 0 unspecified atom stereocenters. The maximum atomic E-state index is 13.2. The van der Waals surface area contributed by atoms with Gasteiger partial charge in [0.05, 0.1) is 23.5 Å². The molecule has 0 spiro atoms. The third-order valence-electron chi connectivity index (χ3n) is 4.99. The summed E-state index contributed by atoms with van der Waals surface area (Å²) >= 11 is 20.2. The van der Waals surface area contributed by atoms with Crippen LogP contribution in [0.15, 0.2) is 42.5 Å². The summed E-state index contributed by atoms with van der Waals surface area (Å²) in [5.74, 6) is -0.305. The lowest BCUT2D eigenvalue weighted by atomic mass is 10.1. The van der Waals surface area contributed by atoms with Gasteiger partial charge in [-0.15, -0.1) is 0 Å². The van der Waals surface area contributed by atoms with E-state index in [9.17, 15) is 9.59 Å². The molecular weight excluding hydrogens is 505 g/mol. The molecule has 2 aromatic carbocycles. The molecule has 1 N–H and O–H groups in total. The Morgan fingerprint density at radius 1 is 1.12 bits per heavy atom. The molecule has 0 saturated carbocycles. The van der Waals surface area contributed by atoms with E-state index in [1.807, 2.05) is 18.4 Å². The van der Waals surface area contributed by atoms with Crippen molar-refractivity contribution in [2.45, 2.75) is 19.4 Å². The lowest BCUT2D eigenvalue weighted by Gasteiger charge is -2.15. The maximum Gasteiger partial charge on any atom is 0.328 e. The zero-order chi connectivity index (χ0) is 24.1. The molecule has 0 aliphatic heterocycles. The number of carbonyl (C=O) groups excluding carboxylic acids is 2. The lowest BCUT2D eigenvalue weighted by Crippen LogP contribution is -2.42. The fraction of sp³-hybridized carbons (Fsp3) is 0.261. The van der Waals surface area contributed by atoms with Gasteiger partial charge in [0.1, 0.15) is 6.04 Å². The predicted octanol–water partition coefficient (Wildman–Crippen LogP) is 5.83. The van der Waals surface area contributed by atoms with Crippen molar-refractivity contribution in [1.82, 2.24) is 15.1 Å². The number of hydrogen-bond acceptors (Lipinski definition) is 5. The number of esters is 1. The Kier molecular flexibility index (Phi) is 8.70. The summed E-state index contributed by atoms with van der Waals surface area (Å²) in [7, 11) is 1.29. The molecule has 10 heteroatoms. The van der Waals surface area contributed by atoms with Crippen molar-refractivity contribution in [2.75, 3.05) is 19.1 Å². The summed E-state index contributed by atoms with van der Waals surface area (Å²) in [4.78, 5) is 25.4. The number of thioether (sulfide) groups is 1. The van der Waals surface area contributed by atoms with E-state index in [-0.39, 0.29) is 5.69 Å². The highest BCUT2D eigenvalue weighted by molar-refractivity contribution is 7.98. The Morgan fingerprint density at radius 2 is 1.79 bits per heavy atom. The molecule has 0 saturated heterocycles. The van der Waals surface area contributed by atoms with Gasteiger partial charge in [-0.05, 0) is 55.7 Å². The van der Waals surface area contributed by atoms with Crippen LogP contribution in [0.1, 0.15) is 22.5 Å². The van der Waals surface area contributed by atoms with Gasteiger partial charge in [-0.3, -0.25) is 4.79 Å². The lowest BCUT2D eigenvalue weighted by molar-refractivity contribution is -0.142. The second kappa shape index (κ2) is 11.3. The average molecular weight is 527 g/mol. The van der Waals surface area contributed by atoms with Gasteiger partial charge in [-0.1, -0.05) is 46.9 Å². The fourth-order valence-corrected chi connectivity index (χ4v) is 4.43. The Labute approximate surface area is 211 Å². The van der Waals surface area contributed by atoms with Gasteiger partial charge >= 0.3 is 5.97 Å². The number of aromatic nitrogens is 2. The average Bonchev–Trinajstić information content (AvgIpc) is 3.13. The number of hydrogen-bond donors (Lipinski definition) is 1. The molecule has 0 fully saturated rings. The first kappa shape index (κ1) is 25.4. The van der Waals surface area contributed by atoms with Crippen LogP contribution in [0, 0.1) is 6.92 Å². The number of methoxy groups -OCH3 is 1. The molecule has 0 aliphatic rings. The van der Waals surface area contributed by atoms with Crippen molar-refractivity contribution in [3.8, 4) is 16.9 Å². The summed E-state index contributed by atoms with van der Waals surface area (Å²) in [6.45, 7) is 1.79. The zero-order valence-corrected chi connectivity index (χ0v) is 21.3. The molecule has 0 bridgehead atoms. The second-order valence-electron chi connectivity index (χ2n) is 7.17. The van der Waals surface area contributed by atoms with Gasteiger partial charge in [-0.25, -0.2) is 9.48 Å². The topological polar surface area (TPSA) is 73.2 Å². The second-order valence-corrected chi connectivity index (χ2v) is 9.43. The summed E-state index contributed by atoms with van der Waals surface area (Å²) in [6.07, 6.45) is 2.36. The van der Waals surface area contributed by atoms with Crippen LogP contribution in [0.4, 0.5) is 0 Å². The molecule has 3 aromatic rings. The number of carbonyl (C=O) groups is 2. The molecule has 33 heavy (non-hydrogen) atoms. The van der Waals surface area contributed by atoms with Crippen LogP contribution in [-0.4, -0.2) is 46.8 Å². The highest BCUT2D eigenvalue weighted by Gasteiger charge is 2.27. The number of nitrogens with zero attached hydrogens (tertiary/aromatic N) is 2. The van der Waals surface area contributed by atoms with Crippen LogP contribution in [0.5, 0.6) is 0 Å². The number of halogens is 3. The van der Waals surface area contributed by atoms with Crippen LogP contribution in [0.2, 0.25) is 15.1 Å². The Morgan fingerprint density at radius 3 is 2.39 bits per heavy atom. The van der Waals surface area contributed by atoms with Gasteiger partial charge in [0, 0.05) is 21.2 Å². The quantitative estimate of drug-likeness (QED) is 0.374. The van der Waals surface area contributed by atoms with Gasteiger partial charge in [0.2, 0.25) is 0 Å². The predicted molar refractivity (Wildman–Crippen MR) is 135 cm³/mol. The van der Waals surface area contributed by atoms with Crippen molar-refractivity contribution in [3.05, 3.63) is 68.8 Å². The summed E-state index contributed by atoms with van der Waals surface area (Å²) in [5.41, 5.74) is 2.81. The third-order valence-corrected chi connectivity index (χ3v) is 6.43. The molecule has 1 atom stereocenters. The van der Waals surface area contributed by atoms with Crippen molar-refractivity contribution in [3.63, 3.8) is 0 Å². The first-order valence-electron chi connectivity index (χ1n) is 9.95. The molecule has 3 rings (SSSR count). The maximum absolute atomic E-state index is 13.2. The van der Waals surface area contributed by atoms with Crippen LogP contribution in [-0.2, 0) is 9.53 Å². The normalized spacial score (nSPS) is 11.8. The van der Waals surface area contributed by atoms with E-state index >= 15 is 0 Å². The van der Waals surface area contributed by atoms with Crippen LogP contribution < -0.4 is 5.32 Å². The van der Waals surface area contributed by atoms with Crippen LogP contribution in [0.25, 0.3) is 16.9 Å². The zero-order valence-electron chi connectivity index (χ0n) is 18.2. The van der Waals surface area contributed by atoms with E-state index in [4.69, 9.17) is 39.5 Å². The summed E-state index contributed by atoms with van der Waals surface area (Å²) < 4.78 is 6.45. The minimum absolute atomic E-state index is 0.170. The number of ether oxygens (including phenoxy) is 1. The fourth-order valence-electron chi connectivity index (χ4n) is 3.34. The molecule has 0 aliphatic carbocycles. The number of rotatable bonds is 8. The monoisotopic (exact) mass is 525 g/mol. The molecule has 0 radical (unpaired) electrons. The van der Waals surface area contributed by atoms with Crippen molar-refractivity contribution >= 4 is 58.4 Å². The smallest absolute Gasteiger partial charge is 0.328 e. The number of nitrogens with one attached hydrogen (secondary N) is 1. The first-order chi connectivity index (χ1) is 15.8. The Balaban J connectivity index is 2.10. The molecule has 1 aromatic heterocycles. The van der Waals surface area contributed by atoms with E-state index in [0.29, 0.717) is 44.2 Å². The van der Waals surface area contributed by atoms with Gasteiger partial charge in [-0.2, -0.15) is 16.9 Å². The largest absolute Gasteiger partial charge is 0.467 e. The third kappa shape index (κ3) is 5.84. The highest BCUT2D eigenvalue weighted by Crippen LogP contribution is 2.33. The standard InChI is InChI=1S/C23H22Cl3N3O3S/c1-13-20(22(30)27-18(10-11-33-3)23(31)32-2)28-29(19-9-8-16(25)12-17(19)26)21(13)14-4-6-15(24)7-5-14/h4-9,12,18H,10-11H2,1-3H3,(H,27,30)/t18-/m1/s1. The Hall–Kier alpha value is -2.19. The molecule has 174 valence electrons. The van der Waals surface area contributed by atoms with Gasteiger partial charge < -0.3 is 10.1 Å². The molecular formula is C23H22Cl3N3O3S. The minimum atomic E-state index is -0.780. The van der Waals surface area contributed by atoms with E-state index in [2.05, 4.69) is 10.4 Å². The van der Waals surface area contributed by atoms with Crippen LogP contribution in [0.3, 0.4) is 0 Å². The van der Waals surface area contributed by atoms with E-state index < -0.39 is 17.9 Å². The molecule has 1 heterocycles. The number of amides is 1. The van der Waals surface area contributed by atoms with E-state index in [1.54, 1.807) is 53.7 Å². The van der Waals surface area contributed by atoms with Crippen LogP contribution >= 0.6 is 46.6 Å². The summed E-state index contributed by atoms with van der Waals surface area (Å²) in [5, 5.41) is 8.77. The van der Waals surface area contributed by atoms with Crippen molar-refractivity contribution < 1.29 is 14.3 Å². The van der Waals surface area contributed by atoms with E-state index in [0.717, 1.165) is 5.56 Å². The van der Waals surface area contributed by atoms with E-state index in [1.165, 1.54) is 7.11 Å². The first-order valence-corrected chi connectivity index (χ1v) is 12.5. The van der Waals surface area contributed by atoms with Gasteiger partial charge in [0.25, 0.3) is 5.91 Å². The SMILES string of the molecule is COC(=O)[C@@H](CCSC)NC(=O)c1nn(-c2ccc(Cl)cc2Cl)c(-c2ccc(Cl)cc2)c1C. The summed E-state index contributed by atoms with van der Waals surface area (Å²) in [6, 6.07) is 11.4. The highest BCUT2D eigenvalue weighted by atomic mass is 35.5. The number of benzene rings is 2. The minimum Gasteiger partial charge on any atom is -0.467 e. The molecule has 6 nitrogen and oxygen atoms in total. The Bertz CT molecular complexity index is 1170.